The first-order chi connectivity index (χ1) is 6.80. The monoisotopic (exact) mass is 209 g/mol. The summed E-state index contributed by atoms with van der Waals surface area (Å²) in [5, 5.41) is 2.16. The standard InChI is InChI=1S/C11H15NOS/c12-11(4-1-5-11)10-8-3-7-14-9(8)2-6-13-10/h3,7,10H,1-2,4-6,12H2. The number of fused-ring (bicyclic) bond motifs is 1. The van der Waals surface area contributed by atoms with E-state index in [-0.39, 0.29) is 11.6 Å². The Morgan fingerprint density at radius 2 is 2.36 bits per heavy atom. The minimum atomic E-state index is -0.0593. The lowest BCUT2D eigenvalue weighted by Gasteiger charge is -2.45. The molecule has 2 heterocycles. The fourth-order valence-corrected chi connectivity index (χ4v) is 3.36. The van der Waals surface area contributed by atoms with Gasteiger partial charge in [-0.2, -0.15) is 0 Å². The normalized spacial score (nSPS) is 29.4. The third-order valence-electron chi connectivity index (χ3n) is 3.48. The lowest BCUT2D eigenvalue weighted by Crippen LogP contribution is -2.53. The minimum absolute atomic E-state index is 0.0593. The van der Waals surface area contributed by atoms with Crippen molar-refractivity contribution in [1.82, 2.24) is 0 Å². The fraction of sp³-hybridized carbons (Fsp3) is 0.636. The summed E-state index contributed by atoms with van der Waals surface area (Å²) in [4.78, 5) is 1.48. The largest absolute Gasteiger partial charge is 0.371 e. The van der Waals surface area contributed by atoms with Gasteiger partial charge in [0.1, 0.15) is 6.10 Å². The number of hydrogen-bond acceptors (Lipinski definition) is 3. The molecule has 2 N–H and O–H groups in total. The van der Waals surface area contributed by atoms with Crippen molar-refractivity contribution >= 4 is 11.3 Å². The van der Waals surface area contributed by atoms with Crippen LogP contribution in [0, 0.1) is 0 Å². The van der Waals surface area contributed by atoms with Gasteiger partial charge in [-0.05, 0) is 36.3 Å². The Hall–Kier alpha value is -0.380. The SMILES string of the molecule is NC1(C2OCCc3sccc32)CCC1. The number of thiophene rings is 1. The first-order valence-electron chi connectivity index (χ1n) is 5.26. The van der Waals surface area contributed by atoms with E-state index in [0.29, 0.717) is 0 Å². The molecule has 0 bridgehead atoms. The number of ether oxygens (including phenoxy) is 1. The Balaban J connectivity index is 1.96. The zero-order chi connectivity index (χ0) is 9.60. The first kappa shape index (κ1) is 8.89. The van der Waals surface area contributed by atoms with Crippen molar-refractivity contribution in [2.75, 3.05) is 6.61 Å². The molecule has 1 aromatic heterocycles. The Morgan fingerprint density at radius 3 is 3.07 bits per heavy atom. The van der Waals surface area contributed by atoms with E-state index in [1.54, 1.807) is 0 Å². The van der Waals surface area contributed by atoms with E-state index in [1.807, 2.05) is 11.3 Å². The average Bonchev–Trinajstić information content (AvgIpc) is 2.61. The van der Waals surface area contributed by atoms with Gasteiger partial charge in [0.25, 0.3) is 0 Å². The molecule has 1 fully saturated rings. The van der Waals surface area contributed by atoms with E-state index in [1.165, 1.54) is 16.9 Å². The second-order valence-corrected chi connectivity index (χ2v) is 5.39. The molecule has 14 heavy (non-hydrogen) atoms. The molecule has 0 saturated heterocycles. The van der Waals surface area contributed by atoms with Gasteiger partial charge in [0.2, 0.25) is 0 Å². The Bertz CT molecular complexity index is 343. The topological polar surface area (TPSA) is 35.2 Å². The van der Waals surface area contributed by atoms with Gasteiger partial charge in [-0.1, -0.05) is 0 Å². The molecule has 2 aliphatic rings. The number of rotatable bonds is 1. The summed E-state index contributed by atoms with van der Waals surface area (Å²) in [6.07, 6.45) is 4.74. The first-order valence-corrected chi connectivity index (χ1v) is 6.14. The van der Waals surface area contributed by atoms with Crippen LogP contribution in [-0.2, 0) is 11.2 Å². The van der Waals surface area contributed by atoms with Gasteiger partial charge in [-0.3, -0.25) is 0 Å². The van der Waals surface area contributed by atoms with Crippen LogP contribution in [0.3, 0.4) is 0 Å². The summed E-state index contributed by atoms with van der Waals surface area (Å²) >= 11 is 1.84. The summed E-state index contributed by atoms with van der Waals surface area (Å²) in [6.45, 7) is 0.844. The van der Waals surface area contributed by atoms with Gasteiger partial charge in [0.05, 0.1) is 6.61 Å². The van der Waals surface area contributed by atoms with Crippen LogP contribution in [0.15, 0.2) is 11.4 Å². The van der Waals surface area contributed by atoms with E-state index < -0.39 is 0 Å². The molecular formula is C11H15NOS. The third kappa shape index (κ3) is 1.16. The molecule has 1 aliphatic carbocycles. The Morgan fingerprint density at radius 1 is 1.50 bits per heavy atom. The van der Waals surface area contributed by atoms with Crippen LogP contribution in [-0.4, -0.2) is 12.1 Å². The van der Waals surface area contributed by atoms with Crippen LogP contribution in [0.25, 0.3) is 0 Å². The summed E-state index contributed by atoms with van der Waals surface area (Å²) in [5.74, 6) is 0. The van der Waals surface area contributed by atoms with E-state index in [4.69, 9.17) is 10.5 Å². The quantitative estimate of drug-likeness (QED) is 0.770. The van der Waals surface area contributed by atoms with E-state index >= 15 is 0 Å². The van der Waals surface area contributed by atoms with Crippen molar-refractivity contribution in [3.05, 3.63) is 21.9 Å². The molecule has 1 saturated carbocycles. The molecule has 2 nitrogen and oxygen atoms in total. The maximum Gasteiger partial charge on any atom is 0.101 e. The van der Waals surface area contributed by atoms with Gasteiger partial charge in [0, 0.05) is 16.8 Å². The van der Waals surface area contributed by atoms with Crippen molar-refractivity contribution in [1.29, 1.82) is 0 Å². The molecule has 0 spiro atoms. The minimum Gasteiger partial charge on any atom is -0.371 e. The van der Waals surface area contributed by atoms with Gasteiger partial charge >= 0.3 is 0 Å². The Labute approximate surface area is 88.1 Å². The summed E-state index contributed by atoms with van der Waals surface area (Å²) in [6, 6.07) is 2.19. The van der Waals surface area contributed by atoms with Crippen molar-refractivity contribution in [2.24, 2.45) is 5.73 Å². The molecule has 3 rings (SSSR count). The van der Waals surface area contributed by atoms with Crippen molar-refractivity contribution in [3.63, 3.8) is 0 Å². The summed E-state index contributed by atoms with van der Waals surface area (Å²) < 4.78 is 5.85. The van der Waals surface area contributed by atoms with E-state index in [0.717, 1.165) is 25.9 Å². The van der Waals surface area contributed by atoms with Crippen molar-refractivity contribution < 1.29 is 4.74 Å². The van der Waals surface area contributed by atoms with E-state index in [2.05, 4.69) is 11.4 Å². The van der Waals surface area contributed by atoms with Crippen LogP contribution >= 0.6 is 11.3 Å². The molecular weight excluding hydrogens is 194 g/mol. The zero-order valence-corrected chi connectivity index (χ0v) is 8.98. The van der Waals surface area contributed by atoms with Crippen LogP contribution < -0.4 is 5.73 Å². The molecule has 3 heteroatoms. The molecule has 0 aromatic carbocycles. The third-order valence-corrected chi connectivity index (χ3v) is 4.48. The highest BCUT2D eigenvalue weighted by molar-refractivity contribution is 7.10. The van der Waals surface area contributed by atoms with Crippen LogP contribution in [0.1, 0.15) is 35.8 Å². The van der Waals surface area contributed by atoms with Crippen LogP contribution in [0.4, 0.5) is 0 Å². The highest BCUT2D eigenvalue weighted by Gasteiger charge is 2.44. The van der Waals surface area contributed by atoms with Crippen LogP contribution in [0.5, 0.6) is 0 Å². The van der Waals surface area contributed by atoms with Gasteiger partial charge in [0.15, 0.2) is 0 Å². The van der Waals surface area contributed by atoms with E-state index in [9.17, 15) is 0 Å². The molecule has 1 atom stereocenters. The molecule has 1 unspecified atom stereocenters. The predicted octanol–water partition coefficient (Wildman–Crippen LogP) is 2.24. The van der Waals surface area contributed by atoms with Crippen LogP contribution in [0.2, 0.25) is 0 Å². The number of nitrogens with two attached hydrogens (primary N) is 1. The van der Waals surface area contributed by atoms with Crippen molar-refractivity contribution in [2.45, 2.75) is 37.3 Å². The molecule has 0 radical (unpaired) electrons. The van der Waals surface area contributed by atoms with Crippen molar-refractivity contribution in [3.8, 4) is 0 Å². The Kier molecular flexibility index (Phi) is 1.94. The zero-order valence-electron chi connectivity index (χ0n) is 8.16. The lowest BCUT2D eigenvalue weighted by atomic mass is 9.71. The van der Waals surface area contributed by atoms with Gasteiger partial charge in [-0.25, -0.2) is 0 Å². The summed E-state index contributed by atoms with van der Waals surface area (Å²) in [7, 11) is 0. The maximum absolute atomic E-state index is 6.33. The molecule has 0 amide bonds. The predicted molar refractivity (Wildman–Crippen MR) is 57.5 cm³/mol. The summed E-state index contributed by atoms with van der Waals surface area (Å²) in [5.41, 5.74) is 7.64. The highest BCUT2D eigenvalue weighted by Crippen LogP contribution is 2.45. The lowest BCUT2D eigenvalue weighted by molar-refractivity contribution is -0.0403. The van der Waals surface area contributed by atoms with Gasteiger partial charge in [-0.15, -0.1) is 11.3 Å². The second-order valence-electron chi connectivity index (χ2n) is 4.39. The highest BCUT2D eigenvalue weighted by atomic mass is 32.1. The second kappa shape index (κ2) is 3.05. The number of hydrogen-bond donors (Lipinski definition) is 1. The molecule has 76 valence electrons. The molecule has 1 aliphatic heterocycles. The molecule has 1 aromatic rings. The maximum atomic E-state index is 6.33. The smallest absolute Gasteiger partial charge is 0.101 e. The van der Waals surface area contributed by atoms with Gasteiger partial charge < -0.3 is 10.5 Å². The average molecular weight is 209 g/mol. The fourth-order valence-electron chi connectivity index (χ4n) is 2.47.